The third-order valence-corrected chi connectivity index (χ3v) is 10.3. The first-order valence-corrected chi connectivity index (χ1v) is 15.3. The minimum atomic E-state index is -0.442. The standard InChI is InChI=1S/C30H38N6O2S/c37-12-11-35-7-9-36(10-8-35)24-5-3-23(4-6-24)32-29-31-19-25(26-2-1-13-39-26)28(34-29)33-27-21-14-20-15-22(27)18-30(38,16-20)17-21/h1-6,13,19-22,27,37-38H,7-12,14-18H2,(H2,31,32,33,34). The number of aliphatic hydroxyl groups is 2. The quantitative estimate of drug-likeness (QED) is 0.330. The van der Waals surface area contributed by atoms with Gasteiger partial charge >= 0.3 is 0 Å². The third kappa shape index (κ3) is 5.13. The van der Waals surface area contributed by atoms with Crippen LogP contribution in [0.1, 0.15) is 32.1 Å². The van der Waals surface area contributed by atoms with Gasteiger partial charge in [0, 0.05) is 61.2 Å². The number of aliphatic hydroxyl groups excluding tert-OH is 1. The van der Waals surface area contributed by atoms with Crippen LogP contribution < -0.4 is 15.5 Å². The van der Waals surface area contributed by atoms with Crippen molar-refractivity contribution in [3.05, 3.63) is 48.0 Å². The predicted octanol–water partition coefficient (Wildman–Crippen LogP) is 4.41. The van der Waals surface area contributed by atoms with E-state index in [-0.39, 0.29) is 6.61 Å². The van der Waals surface area contributed by atoms with Gasteiger partial charge < -0.3 is 25.7 Å². The van der Waals surface area contributed by atoms with E-state index >= 15 is 0 Å². The minimum Gasteiger partial charge on any atom is -0.395 e. The van der Waals surface area contributed by atoms with Crippen molar-refractivity contribution in [1.82, 2.24) is 14.9 Å². The second kappa shape index (κ2) is 10.4. The molecule has 8 rings (SSSR count). The number of anilines is 4. The molecule has 2 unspecified atom stereocenters. The van der Waals surface area contributed by atoms with Gasteiger partial charge in [0.2, 0.25) is 5.95 Å². The van der Waals surface area contributed by atoms with Gasteiger partial charge in [-0.1, -0.05) is 6.07 Å². The largest absolute Gasteiger partial charge is 0.395 e. The molecule has 39 heavy (non-hydrogen) atoms. The lowest BCUT2D eigenvalue weighted by molar-refractivity contribution is -0.129. The van der Waals surface area contributed by atoms with Gasteiger partial charge in [0.05, 0.1) is 17.8 Å². The summed E-state index contributed by atoms with van der Waals surface area (Å²) in [6.07, 6.45) is 7.17. The molecule has 0 radical (unpaired) electrons. The van der Waals surface area contributed by atoms with E-state index in [1.807, 2.05) is 6.20 Å². The molecule has 9 heteroatoms. The first kappa shape index (κ1) is 25.3. The van der Waals surface area contributed by atoms with Crippen molar-refractivity contribution in [3.8, 4) is 10.4 Å². The lowest BCUT2D eigenvalue weighted by Gasteiger charge is -2.58. The van der Waals surface area contributed by atoms with Gasteiger partial charge in [0.1, 0.15) is 5.82 Å². The Labute approximate surface area is 234 Å². The second-order valence-corrected chi connectivity index (χ2v) is 13.0. The predicted molar refractivity (Wildman–Crippen MR) is 157 cm³/mol. The lowest BCUT2D eigenvalue weighted by atomic mass is 9.52. The number of aromatic nitrogens is 2. The van der Waals surface area contributed by atoms with Crippen molar-refractivity contribution in [2.45, 2.75) is 43.7 Å². The Kier molecular flexibility index (Phi) is 6.71. The molecule has 8 nitrogen and oxygen atoms in total. The summed E-state index contributed by atoms with van der Waals surface area (Å²) in [6, 6.07) is 13.0. The Hall–Kier alpha value is -2.72. The van der Waals surface area contributed by atoms with Gasteiger partial charge in [-0.15, -0.1) is 11.3 Å². The number of benzene rings is 1. The zero-order valence-electron chi connectivity index (χ0n) is 22.3. The number of β-amino-alcohol motifs (C(OH)–C–C–N with tert-alkyl or cyclic N) is 1. The van der Waals surface area contributed by atoms with Crippen LogP contribution >= 0.6 is 11.3 Å². The highest BCUT2D eigenvalue weighted by atomic mass is 32.1. The van der Waals surface area contributed by atoms with Gasteiger partial charge in [-0.05, 0) is 85.6 Å². The van der Waals surface area contributed by atoms with E-state index in [1.165, 1.54) is 18.5 Å². The van der Waals surface area contributed by atoms with Gasteiger partial charge in [-0.3, -0.25) is 4.90 Å². The van der Waals surface area contributed by atoms with Crippen LogP contribution in [0.5, 0.6) is 0 Å². The highest BCUT2D eigenvalue weighted by Crippen LogP contribution is 2.56. The molecule has 3 aromatic rings. The van der Waals surface area contributed by atoms with Crippen molar-refractivity contribution in [3.63, 3.8) is 0 Å². The summed E-state index contributed by atoms with van der Waals surface area (Å²) in [5.74, 6) is 3.16. The molecule has 2 atom stereocenters. The fourth-order valence-electron chi connectivity index (χ4n) is 7.79. The molecule has 4 saturated carbocycles. The maximum atomic E-state index is 11.1. The zero-order valence-corrected chi connectivity index (χ0v) is 23.1. The number of thiophene rings is 1. The Morgan fingerprint density at radius 2 is 1.77 bits per heavy atom. The summed E-state index contributed by atoms with van der Waals surface area (Å²) < 4.78 is 0. The molecule has 206 valence electrons. The molecule has 4 aliphatic carbocycles. The van der Waals surface area contributed by atoms with Crippen molar-refractivity contribution in [2.75, 3.05) is 54.9 Å². The smallest absolute Gasteiger partial charge is 0.229 e. The maximum absolute atomic E-state index is 11.1. The van der Waals surface area contributed by atoms with Gasteiger partial charge in [-0.25, -0.2) is 4.98 Å². The summed E-state index contributed by atoms with van der Waals surface area (Å²) in [6.45, 7) is 4.86. The molecule has 5 aliphatic rings. The first-order valence-electron chi connectivity index (χ1n) is 14.4. The summed E-state index contributed by atoms with van der Waals surface area (Å²) in [5.41, 5.74) is 2.77. The molecule has 1 aliphatic heterocycles. The van der Waals surface area contributed by atoms with Crippen molar-refractivity contribution in [2.24, 2.45) is 17.8 Å². The Bertz CT molecular complexity index is 1260. The lowest BCUT2D eigenvalue weighted by Crippen LogP contribution is -2.59. The van der Waals surface area contributed by atoms with Crippen LogP contribution in [0, 0.1) is 17.8 Å². The van der Waals surface area contributed by atoms with Crippen LogP contribution in [0.4, 0.5) is 23.1 Å². The molecule has 1 aromatic carbocycles. The Morgan fingerprint density at radius 1 is 1.00 bits per heavy atom. The van der Waals surface area contributed by atoms with E-state index in [2.05, 4.69) is 62.2 Å². The van der Waals surface area contributed by atoms with E-state index in [9.17, 15) is 10.2 Å². The molecule has 0 spiro atoms. The van der Waals surface area contributed by atoms with E-state index < -0.39 is 5.60 Å². The number of hydrogen-bond acceptors (Lipinski definition) is 9. The Morgan fingerprint density at radius 3 is 2.44 bits per heavy atom. The molecule has 4 N–H and O–H groups in total. The van der Waals surface area contributed by atoms with Crippen LogP contribution in [-0.4, -0.2) is 76.1 Å². The summed E-state index contributed by atoms with van der Waals surface area (Å²) >= 11 is 1.71. The molecular formula is C30H38N6O2S. The molecule has 3 heterocycles. The topological polar surface area (TPSA) is 96.8 Å². The van der Waals surface area contributed by atoms with E-state index in [0.29, 0.717) is 29.7 Å². The van der Waals surface area contributed by atoms with Crippen LogP contribution in [0.2, 0.25) is 0 Å². The molecule has 1 saturated heterocycles. The summed E-state index contributed by atoms with van der Waals surface area (Å²) in [5, 5.41) is 29.6. The summed E-state index contributed by atoms with van der Waals surface area (Å²) in [4.78, 5) is 15.6. The normalized spacial score (nSPS) is 30.1. The number of rotatable bonds is 8. The molecular weight excluding hydrogens is 508 g/mol. The van der Waals surface area contributed by atoms with Crippen LogP contribution in [0.25, 0.3) is 10.4 Å². The molecule has 4 bridgehead atoms. The van der Waals surface area contributed by atoms with Crippen molar-refractivity contribution >= 4 is 34.5 Å². The van der Waals surface area contributed by atoms with Crippen LogP contribution in [-0.2, 0) is 0 Å². The molecule has 0 amide bonds. The average molecular weight is 547 g/mol. The Balaban J connectivity index is 1.08. The van der Waals surface area contributed by atoms with Crippen LogP contribution in [0.15, 0.2) is 48.0 Å². The number of nitrogens with zero attached hydrogens (tertiary/aromatic N) is 4. The van der Waals surface area contributed by atoms with Gasteiger partial charge in [0.15, 0.2) is 0 Å². The first-order chi connectivity index (χ1) is 19.0. The monoisotopic (exact) mass is 546 g/mol. The van der Waals surface area contributed by atoms with Crippen molar-refractivity contribution < 1.29 is 10.2 Å². The number of hydrogen-bond donors (Lipinski definition) is 4. The summed E-state index contributed by atoms with van der Waals surface area (Å²) in [7, 11) is 0. The van der Waals surface area contributed by atoms with E-state index in [0.717, 1.165) is 73.9 Å². The minimum absolute atomic E-state index is 0.222. The SMILES string of the molecule is OCCN1CCN(c2ccc(Nc3ncc(-c4cccs4)c(NC4C5CC6CC4CC(O)(C6)C5)n3)cc2)CC1. The fourth-order valence-corrected chi connectivity index (χ4v) is 8.53. The van der Waals surface area contributed by atoms with E-state index in [4.69, 9.17) is 9.97 Å². The highest BCUT2D eigenvalue weighted by Gasteiger charge is 2.54. The second-order valence-electron chi connectivity index (χ2n) is 12.0. The van der Waals surface area contributed by atoms with Gasteiger partial charge in [-0.2, -0.15) is 4.98 Å². The number of nitrogens with one attached hydrogen (secondary N) is 2. The van der Waals surface area contributed by atoms with Gasteiger partial charge in [0.25, 0.3) is 0 Å². The average Bonchev–Trinajstić information content (AvgIpc) is 3.46. The van der Waals surface area contributed by atoms with Crippen LogP contribution in [0.3, 0.4) is 0 Å². The van der Waals surface area contributed by atoms with Crippen molar-refractivity contribution in [1.29, 1.82) is 0 Å². The highest BCUT2D eigenvalue weighted by molar-refractivity contribution is 7.13. The van der Waals surface area contributed by atoms with E-state index in [1.54, 1.807) is 11.3 Å². The fraction of sp³-hybridized carbons (Fsp3) is 0.533. The number of piperazine rings is 1. The maximum Gasteiger partial charge on any atom is 0.229 e. The third-order valence-electron chi connectivity index (χ3n) is 9.40. The molecule has 2 aromatic heterocycles. The zero-order chi connectivity index (χ0) is 26.4. The molecule has 5 fully saturated rings.